The first-order valence-corrected chi connectivity index (χ1v) is 33.0. The van der Waals surface area contributed by atoms with Crippen molar-refractivity contribution in [2.75, 3.05) is 29.5 Å². The van der Waals surface area contributed by atoms with Crippen LogP contribution in [0.2, 0.25) is 26.3 Å². The van der Waals surface area contributed by atoms with Crippen LogP contribution in [0.3, 0.4) is 0 Å². The number of nitrogen functional groups attached to an aromatic ring is 1. The van der Waals surface area contributed by atoms with Crippen LogP contribution < -0.4 is 16.4 Å². The Hall–Kier alpha value is 1.69. The fourth-order valence-corrected chi connectivity index (χ4v) is 4.20. The number of nitrogens with two attached hydrogens (primary N) is 1. The van der Waals surface area contributed by atoms with E-state index in [0.29, 0.717) is 37.6 Å². The normalized spacial score (nSPS) is 11.1. The van der Waals surface area contributed by atoms with Crippen LogP contribution in [-0.2, 0) is 5.41 Å². The summed E-state index contributed by atoms with van der Waals surface area (Å²) >= 11 is 39.6. The number of hydrogen-bond acceptors (Lipinski definition) is 11. The molecule has 0 saturated carbocycles. The van der Waals surface area contributed by atoms with E-state index < -0.39 is 0 Å². The summed E-state index contributed by atoms with van der Waals surface area (Å²) in [4.78, 5) is 30.5. The first-order chi connectivity index (χ1) is 21.1. The SMILES string of the molecule is C.C.C=C(C)CNc1nc(Cl)ncc1Br.CC1(C)CNc2nc(Cl)ncc21.Clc1ncc(Br)c(Cl)n1.Nc1nc(Cl)ncc1Br.[B].[K][K]. The number of nitrogens with one attached hydrogen (secondary N) is 2. The van der Waals surface area contributed by atoms with Crippen LogP contribution in [-0.4, -0.2) is 125 Å². The van der Waals surface area contributed by atoms with Crippen molar-refractivity contribution in [3.05, 3.63) is 82.2 Å². The van der Waals surface area contributed by atoms with Gasteiger partial charge in [0.25, 0.3) is 0 Å². The summed E-state index contributed by atoms with van der Waals surface area (Å²) in [5, 5.41) is 7.45. The van der Waals surface area contributed by atoms with Crippen molar-refractivity contribution in [2.45, 2.75) is 41.0 Å². The average Bonchev–Trinajstić information content (AvgIpc) is 3.29. The topological polar surface area (TPSA) is 153 Å². The van der Waals surface area contributed by atoms with Crippen molar-refractivity contribution in [3.8, 4) is 0 Å². The van der Waals surface area contributed by atoms with Gasteiger partial charge in [0.05, 0.1) is 13.4 Å². The molecule has 4 aromatic heterocycles. The number of anilines is 3. The molecular weight excluding hydrogens is 972 g/mol. The molecule has 0 saturated heterocycles. The summed E-state index contributed by atoms with van der Waals surface area (Å²) in [6, 6.07) is 0. The molecule has 5 heterocycles. The molecule has 48 heavy (non-hydrogen) atoms. The second-order valence-corrected chi connectivity index (χ2v) is 13.2. The van der Waals surface area contributed by atoms with E-state index in [1.54, 1.807) is 12.4 Å². The van der Waals surface area contributed by atoms with Gasteiger partial charge in [0.1, 0.15) is 22.6 Å². The molecule has 0 atom stereocenters. The van der Waals surface area contributed by atoms with E-state index >= 15 is 0 Å². The molecule has 0 aromatic carbocycles. The molecule has 0 aliphatic carbocycles. The van der Waals surface area contributed by atoms with Crippen molar-refractivity contribution < 1.29 is 0 Å². The van der Waals surface area contributed by atoms with Gasteiger partial charge < -0.3 is 16.4 Å². The van der Waals surface area contributed by atoms with Crippen molar-refractivity contribution in [3.63, 3.8) is 0 Å². The summed E-state index contributed by atoms with van der Waals surface area (Å²) < 4.78 is 2.10. The first-order valence-electron chi connectivity index (χ1n) is 12.7. The van der Waals surface area contributed by atoms with Gasteiger partial charge in [-0.2, -0.15) is 9.97 Å². The molecule has 1 aliphatic rings. The van der Waals surface area contributed by atoms with Crippen LogP contribution in [0.1, 0.15) is 41.2 Å². The zero-order valence-corrected chi connectivity index (χ0v) is 40.0. The molecule has 11 nitrogen and oxygen atoms in total. The van der Waals surface area contributed by atoms with Gasteiger partial charge in [-0.3, -0.25) is 0 Å². The van der Waals surface area contributed by atoms with Crippen LogP contribution in [0, 0.1) is 0 Å². The summed E-state index contributed by atoms with van der Waals surface area (Å²) in [6.07, 6.45) is 6.41. The Balaban J connectivity index is -0.000000547. The molecule has 0 bridgehead atoms. The van der Waals surface area contributed by atoms with Gasteiger partial charge >= 0.3 is 63.2 Å². The summed E-state index contributed by atoms with van der Waals surface area (Å²) in [7, 11) is 0. The van der Waals surface area contributed by atoms with Gasteiger partial charge in [-0.15, -0.1) is 0 Å². The fraction of sp³-hybridized carbons (Fsp3) is 0.308. The maximum atomic E-state index is 5.65. The monoisotopic (exact) mass is 998 g/mol. The molecule has 4 aromatic rings. The molecule has 251 valence electrons. The van der Waals surface area contributed by atoms with Crippen molar-refractivity contribution in [1.29, 1.82) is 0 Å². The van der Waals surface area contributed by atoms with Crippen molar-refractivity contribution in [2.24, 2.45) is 0 Å². The van der Waals surface area contributed by atoms with E-state index in [0.717, 1.165) is 28.0 Å². The Morgan fingerprint density at radius 2 is 1.29 bits per heavy atom. The van der Waals surface area contributed by atoms with Crippen molar-refractivity contribution in [1.82, 2.24) is 39.9 Å². The molecule has 0 amide bonds. The van der Waals surface area contributed by atoms with Gasteiger partial charge in [-0.05, 0) is 101 Å². The van der Waals surface area contributed by atoms with Gasteiger partial charge in [0.2, 0.25) is 21.1 Å². The third kappa shape index (κ3) is 20.8. The predicted octanol–water partition coefficient (Wildman–Crippen LogP) is 8.86. The molecule has 0 unspecified atom stereocenters. The second-order valence-electron chi connectivity index (χ2n) is 8.93. The summed E-state index contributed by atoms with van der Waals surface area (Å²) in [6.45, 7) is 11.6. The third-order valence-electron chi connectivity index (χ3n) is 4.87. The standard InChI is InChI=1S/C8H9BrClN3.C8H10ClN3.C4HBrCl2N2.C4H3BrClN3.2CH4.B.2K/c1-5(2)3-11-7-6(9)4-12-8(10)13-7;1-8(2)4-11-6-5(8)3-10-7(9)12-6;5-2-1-8-4(7)9-3(2)6;5-2-1-8-4(6)9-3(2)7;;;;;/h4H,1,3H2,2H3,(H,11,12,13);3H,4H2,1-2H3,(H,10,11,12);1H;1H,(H2,7,8,9);2*1H4;;;. The van der Waals surface area contributed by atoms with Gasteiger partial charge in [0, 0.05) is 57.3 Å². The number of halogens is 8. The first kappa shape index (κ1) is 54.0. The number of rotatable bonds is 3. The molecule has 3 radical (unpaired) electrons. The van der Waals surface area contributed by atoms with Gasteiger partial charge in [0.15, 0.2) is 0 Å². The van der Waals surface area contributed by atoms with E-state index in [9.17, 15) is 0 Å². The minimum atomic E-state index is 0. The number of nitrogens with zero attached hydrogens (tertiary/aromatic N) is 8. The van der Waals surface area contributed by atoms with Crippen LogP contribution in [0.5, 0.6) is 0 Å². The number of hydrogen-bond donors (Lipinski definition) is 3. The molecule has 22 heteroatoms. The number of aromatic nitrogens is 8. The number of fused-ring (bicyclic) bond motifs is 1. The second kappa shape index (κ2) is 28.2. The maximum absolute atomic E-state index is 5.65. The third-order valence-corrected chi connectivity index (χ3v) is 7.89. The molecule has 0 spiro atoms. The van der Waals surface area contributed by atoms with E-state index in [4.69, 9.17) is 63.7 Å². The molecule has 5 rings (SSSR count). The average molecular weight is 1000 g/mol. The Bertz CT molecular complexity index is 1530. The zero-order valence-electron chi connectivity index (χ0n) is 25.2. The Morgan fingerprint density at radius 3 is 1.77 bits per heavy atom. The molecular formula is C26H31BBr3Cl5K2N11. The quantitative estimate of drug-likeness (QED) is 0.0781. The van der Waals surface area contributed by atoms with Crippen LogP contribution >= 0.6 is 106 Å². The van der Waals surface area contributed by atoms with Crippen LogP contribution in [0.4, 0.5) is 17.5 Å². The Labute approximate surface area is 379 Å². The fourth-order valence-electron chi connectivity index (χ4n) is 2.78. The molecule has 1 aliphatic heterocycles. The van der Waals surface area contributed by atoms with E-state index in [2.05, 4.69) is 119 Å². The summed E-state index contributed by atoms with van der Waals surface area (Å²) in [5.41, 5.74) is 7.64. The van der Waals surface area contributed by atoms with Crippen molar-refractivity contribution >= 4 is 195 Å². The molecule has 0 fully saturated rings. The Morgan fingerprint density at radius 1 is 0.833 bits per heavy atom. The minimum absolute atomic E-state index is 0. The van der Waals surface area contributed by atoms with Gasteiger partial charge in [-0.25, -0.2) is 29.9 Å². The van der Waals surface area contributed by atoms with E-state index in [1.165, 1.54) is 75.5 Å². The van der Waals surface area contributed by atoms with Crippen LogP contribution in [0.15, 0.2) is 50.4 Å². The van der Waals surface area contributed by atoms with Gasteiger partial charge in [-0.1, -0.05) is 52.5 Å². The Kier molecular flexibility index (Phi) is 31.7. The van der Waals surface area contributed by atoms with E-state index in [1.807, 2.05) is 6.92 Å². The zero-order chi connectivity index (χ0) is 34.3. The molecule has 4 N–H and O–H groups in total. The predicted molar refractivity (Wildman–Crippen MR) is 216 cm³/mol. The van der Waals surface area contributed by atoms with E-state index in [-0.39, 0.29) is 44.5 Å². The summed E-state index contributed by atoms with van der Waals surface area (Å²) in [5.74, 6) is 1.91. The van der Waals surface area contributed by atoms with Crippen LogP contribution in [0.25, 0.3) is 0 Å².